The van der Waals surface area contributed by atoms with Crippen LogP contribution in [-0.2, 0) is 14.3 Å². The van der Waals surface area contributed by atoms with Gasteiger partial charge in [0.25, 0.3) is 0 Å². The molecule has 1 rings (SSSR count). The number of hydrogen-bond donors (Lipinski definition) is 1. The number of nitrogens with zero attached hydrogens (tertiary/aromatic N) is 1. The maximum Gasteiger partial charge on any atom is 0.411 e. The Morgan fingerprint density at radius 3 is 2.26 bits per heavy atom. The van der Waals surface area contributed by atoms with Gasteiger partial charge < -0.3 is 14.6 Å². The molecule has 1 fully saturated rings. The quantitative estimate of drug-likeness (QED) is 0.726. The SMILES string of the molecule is COC(=O)[C@H]1N(C(=O)OC(C)(C)C)C[C@@H](O)C1(C)C. The number of β-amino-alcohol motifs (C(OH)–C–C–N with tert-alkyl or cyclic N) is 1. The molecule has 1 amide bonds. The van der Waals surface area contributed by atoms with Gasteiger partial charge in [-0.1, -0.05) is 13.8 Å². The molecule has 0 bridgehead atoms. The van der Waals surface area contributed by atoms with Gasteiger partial charge >= 0.3 is 12.1 Å². The Morgan fingerprint density at radius 2 is 1.84 bits per heavy atom. The van der Waals surface area contributed by atoms with Crippen LogP contribution in [0.3, 0.4) is 0 Å². The van der Waals surface area contributed by atoms with Crippen LogP contribution in [0, 0.1) is 5.41 Å². The lowest BCUT2D eigenvalue weighted by atomic mass is 9.82. The largest absolute Gasteiger partial charge is 0.467 e. The molecule has 0 aromatic rings. The third-order valence-electron chi connectivity index (χ3n) is 3.30. The standard InChI is InChI=1S/C13H23NO5/c1-12(2,3)19-11(17)14-7-8(15)13(4,5)9(14)10(16)18-6/h8-9,15H,7H2,1-6H3/t8-,9-/m1/s1. The predicted octanol–water partition coefficient (Wildman–Crippen LogP) is 1.17. The number of aliphatic hydroxyl groups excluding tert-OH is 1. The summed E-state index contributed by atoms with van der Waals surface area (Å²) < 4.78 is 9.99. The summed E-state index contributed by atoms with van der Waals surface area (Å²) in [6.45, 7) is 8.75. The Hall–Kier alpha value is -1.30. The second-order valence-electron chi connectivity index (χ2n) is 6.40. The third kappa shape index (κ3) is 3.18. The van der Waals surface area contributed by atoms with Crippen LogP contribution in [0.5, 0.6) is 0 Å². The van der Waals surface area contributed by atoms with Gasteiger partial charge in [-0.05, 0) is 20.8 Å². The molecular formula is C13H23NO5. The van der Waals surface area contributed by atoms with Gasteiger partial charge in [-0.15, -0.1) is 0 Å². The number of amides is 1. The average Bonchev–Trinajstić information content (AvgIpc) is 2.47. The molecular weight excluding hydrogens is 250 g/mol. The molecule has 19 heavy (non-hydrogen) atoms. The lowest BCUT2D eigenvalue weighted by Gasteiger charge is -2.31. The first kappa shape index (κ1) is 15.8. The highest BCUT2D eigenvalue weighted by molar-refractivity contribution is 5.83. The van der Waals surface area contributed by atoms with Crippen LogP contribution in [-0.4, -0.2) is 53.5 Å². The smallest absolute Gasteiger partial charge is 0.411 e. The summed E-state index contributed by atoms with van der Waals surface area (Å²) in [5.41, 5.74) is -1.43. The minimum absolute atomic E-state index is 0.0572. The molecule has 1 heterocycles. The van der Waals surface area contributed by atoms with Crippen molar-refractivity contribution in [2.24, 2.45) is 5.41 Å². The van der Waals surface area contributed by atoms with E-state index in [4.69, 9.17) is 9.47 Å². The van der Waals surface area contributed by atoms with Gasteiger partial charge in [0, 0.05) is 5.41 Å². The summed E-state index contributed by atoms with van der Waals surface area (Å²) in [5.74, 6) is -0.549. The van der Waals surface area contributed by atoms with E-state index in [1.807, 2.05) is 0 Å². The maximum absolute atomic E-state index is 12.1. The van der Waals surface area contributed by atoms with E-state index >= 15 is 0 Å². The summed E-state index contributed by atoms with van der Waals surface area (Å²) in [6.07, 6.45) is -1.42. The number of esters is 1. The van der Waals surface area contributed by atoms with Crippen LogP contribution in [0.2, 0.25) is 0 Å². The molecule has 1 saturated heterocycles. The topological polar surface area (TPSA) is 76.1 Å². The highest BCUT2D eigenvalue weighted by Gasteiger charge is 2.54. The van der Waals surface area contributed by atoms with Gasteiger partial charge in [0.05, 0.1) is 19.8 Å². The minimum Gasteiger partial charge on any atom is -0.467 e. The molecule has 2 atom stereocenters. The molecule has 0 spiro atoms. The fourth-order valence-electron chi connectivity index (χ4n) is 2.15. The van der Waals surface area contributed by atoms with E-state index in [1.54, 1.807) is 34.6 Å². The normalized spacial score (nSPS) is 26.2. The molecule has 0 aliphatic carbocycles. The summed E-state index contributed by atoms with van der Waals surface area (Å²) in [4.78, 5) is 25.2. The average molecular weight is 273 g/mol. The second-order valence-corrected chi connectivity index (χ2v) is 6.40. The molecule has 110 valence electrons. The molecule has 6 nitrogen and oxygen atoms in total. The molecule has 1 aliphatic heterocycles. The van der Waals surface area contributed by atoms with E-state index in [0.29, 0.717) is 0 Å². The van der Waals surface area contributed by atoms with Crippen LogP contribution >= 0.6 is 0 Å². The van der Waals surface area contributed by atoms with Crippen molar-refractivity contribution in [2.75, 3.05) is 13.7 Å². The van der Waals surface area contributed by atoms with E-state index in [9.17, 15) is 14.7 Å². The van der Waals surface area contributed by atoms with Gasteiger partial charge in [0.2, 0.25) is 0 Å². The third-order valence-corrected chi connectivity index (χ3v) is 3.30. The lowest BCUT2D eigenvalue weighted by Crippen LogP contribution is -2.48. The molecule has 0 unspecified atom stereocenters. The van der Waals surface area contributed by atoms with Crippen molar-refractivity contribution in [3.05, 3.63) is 0 Å². The van der Waals surface area contributed by atoms with Crippen molar-refractivity contribution < 1.29 is 24.2 Å². The van der Waals surface area contributed by atoms with E-state index in [0.717, 1.165) is 0 Å². The minimum atomic E-state index is -0.845. The van der Waals surface area contributed by atoms with Gasteiger partial charge in [0.1, 0.15) is 11.6 Å². The van der Waals surface area contributed by atoms with E-state index < -0.39 is 35.2 Å². The fourth-order valence-corrected chi connectivity index (χ4v) is 2.15. The van der Waals surface area contributed by atoms with E-state index in [1.165, 1.54) is 12.0 Å². The summed E-state index contributed by atoms with van der Waals surface area (Å²) in [5, 5.41) is 10.0. The highest BCUT2D eigenvalue weighted by Crippen LogP contribution is 2.37. The van der Waals surface area contributed by atoms with Crippen LogP contribution in [0.25, 0.3) is 0 Å². The molecule has 0 radical (unpaired) electrons. The first-order valence-corrected chi connectivity index (χ1v) is 6.26. The molecule has 0 aromatic carbocycles. The number of likely N-dealkylation sites (tertiary alicyclic amines) is 1. The Kier molecular flexibility index (Phi) is 4.14. The number of hydrogen-bond acceptors (Lipinski definition) is 5. The van der Waals surface area contributed by atoms with Crippen LogP contribution in [0.15, 0.2) is 0 Å². The number of rotatable bonds is 1. The highest BCUT2D eigenvalue weighted by atomic mass is 16.6. The van der Waals surface area contributed by atoms with E-state index in [2.05, 4.69) is 0 Å². The van der Waals surface area contributed by atoms with Gasteiger partial charge in [0.15, 0.2) is 0 Å². The van der Waals surface area contributed by atoms with E-state index in [-0.39, 0.29) is 6.54 Å². The van der Waals surface area contributed by atoms with Gasteiger partial charge in [-0.3, -0.25) is 4.90 Å². The maximum atomic E-state index is 12.1. The number of aliphatic hydroxyl groups is 1. The Bertz CT molecular complexity index is 372. The van der Waals surface area contributed by atoms with Gasteiger partial charge in [-0.2, -0.15) is 0 Å². The summed E-state index contributed by atoms with van der Waals surface area (Å²) >= 11 is 0. The fraction of sp³-hybridized carbons (Fsp3) is 0.846. The molecule has 6 heteroatoms. The number of carbonyl (C=O) groups excluding carboxylic acids is 2. The molecule has 1 N–H and O–H groups in total. The number of methoxy groups -OCH3 is 1. The first-order chi connectivity index (χ1) is 8.50. The molecule has 0 aromatic heterocycles. The van der Waals surface area contributed by atoms with Crippen molar-refractivity contribution in [2.45, 2.75) is 52.4 Å². The van der Waals surface area contributed by atoms with Crippen LogP contribution in [0.1, 0.15) is 34.6 Å². The predicted molar refractivity (Wildman–Crippen MR) is 68.5 cm³/mol. The zero-order chi connectivity index (χ0) is 15.0. The van der Waals surface area contributed by atoms with Crippen molar-refractivity contribution in [3.8, 4) is 0 Å². The summed E-state index contributed by atoms with van der Waals surface area (Å²) in [7, 11) is 1.26. The Morgan fingerprint density at radius 1 is 1.32 bits per heavy atom. The van der Waals surface area contributed by atoms with Crippen molar-refractivity contribution >= 4 is 12.1 Å². The second kappa shape index (κ2) is 5.00. The lowest BCUT2D eigenvalue weighted by molar-refractivity contribution is -0.149. The number of ether oxygens (including phenoxy) is 2. The monoisotopic (exact) mass is 273 g/mol. The Balaban J connectivity index is 2.99. The molecule has 1 aliphatic rings. The van der Waals surface area contributed by atoms with Crippen molar-refractivity contribution in [1.82, 2.24) is 4.90 Å². The van der Waals surface area contributed by atoms with Crippen molar-refractivity contribution in [3.63, 3.8) is 0 Å². The van der Waals surface area contributed by atoms with Gasteiger partial charge in [-0.25, -0.2) is 9.59 Å². The first-order valence-electron chi connectivity index (χ1n) is 6.26. The number of carbonyl (C=O) groups is 2. The zero-order valence-corrected chi connectivity index (χ0v) is 12.4. The zero-order valence-electron chi connectivity index (χ0n) is 12.4. The van der Waals surface area contributed by atoms with Crippen LogP contribution in [0.4, 0.5) is 4.79 Å². The Labute approximate surface area is 113 Å². The van der Waals surface area contributed by atoms with Crippen molar-refractivity contribution in [1.29, 1.82) is 0 Å². The molecule has 0 saturated carbocycles. The van der Waals surface area contributed by atoms with Crippen LogP contribution < -0.4 is 0 Å². The summed E-state index contributed by atoms with van der Waals surface area (Å²) in [6, 6.07) is -0.845.